The van der Waals surface area contributed by atoms with Gasteiger partial charge < -0.3 is 11.5 Å². The van der Waals surface area contributed by atoms with E-state index in [-0.39, 0.29) is 0 Å². The van der Waals surface area contributed by atoms with Gasteiger partial charge in [0.05, 0.1) is 16.3 Å². The second kappa shape index (κ2) is 4.73. The van der Waals surface area contributed by atoms with E-state index in [1.165, 1.54) is 11.8 Å². The normalized spacial score (nSPS) is 10.6. The number of aromatic nitrogens is 2. The highest BCUT2D eigenvalue weighted by atomic mass is 32.2. The molecule has 0 radical (unpaired) electrons. The fourth-order valence-electron chi connectivity index (χ4n) is 1.65. The quantitative estimate of drug-likeness (QED) is 0.822. The number of benzene rings is 1. The molecule has 0 atom stereocenters. The van der Waals surface area contributed by atoms with Gasteiger partial charge in [-0.05, 0) is 25.1 Å². The van der Waals surface area contributed by atoms with Crippen LogP contribution in [0.3, 0.4) is 0 Å². The number of carbonyl (C=O) groups is 1. The van der Waals surface area contributed by atoms with E-state index in [1.807, 2.05) is 20.0 Å². The van der Waals surface area contributed by atoms with Gasteiger partial charge in [-0.3, -0.25) is 9.48 Å². The lowest BCUT2D eigenvalue weighted by Gasteiger charge is -2.09. The van der Waals surface area contributed by atoms with Gasteiger partial charge in [-0.15, -0.1) is 0 Å². The van der Waals surface area contributed by atoms with Crippen molar-refractivity contribution in [2.45, 2.75) is 16.8 Å². The molecule has 2 rings (SSSR count). The number of amides is 1. The Morgan fingerprint density at radius 3 is 2.72 bits per heavy atom. The number of aryl methyl sites for hydroxylation is 2. The minimum atomic E-state index is -0.483. The molecule has 0 aliphatic heterocycles. The van der Waals surface area contributed by atoms with E-state index < -0.39 is 5.91 Å². The Morgan fingerprint density at radius 2 is 2.17 bits per heavy atom. The number of hydrogen-bond acceptors (Lipinski definition) is 4. The van der Waals surface area contributed by atoms with Crippen molar-refractivity contribution in [2.24, 2.45) is 12.8 Å². The van der Waals surface area contributed by atoms with Gasteiger partial charge in [-0.2, -0.15) is 5.10 Å². The SMILES string of the molecule is Cc1cc(Sc2c(N)cccc2C(N)=O)n(C)n1. The molecule has 0 spiro atoms. The third-order valence-corrected chi connectivity index (χ3v) is 3.73. The molecule has 1 aromatic heterocycles. The van der Waals surface area contributed by atoms with Crippen LogP contribution in [0.15, 0.2) is 34.2 Å². The number of carbonyl (C=O) groups excluding carboxylic acids is 1. The Bertz CT molecular complexity index is 606. The van der Waals surface area contributed by atoms with Gasteiger partial charge in [-0.1, -0.05) is 17.8 Å². The molecule has 1 amide bonds. The summed E-state index contributed by atoms with van der Waals surface area (Å²) in [6, 6.07) is 7.07. The number of hydrogen-bond donors (Lipinski definition) is 2. The minimum Gasteiger partial charge on any atom is -0.398 e. The monoisotopic (exact) mass is 262 g/mol. The predicted octanol–water partition coefficient (Wildman–Crippen LogP) is 1.56. The highest BCUT2D eigenvalue weighted by Crippen LogP contribution is 2.34. The molecular formula is C12H14N4OS. The van der Waals surface area contributed by atoms with Crippen LogP contribution in [0.1, 0.15) is 16.1 Å². The molecule has 1 heterocycles. The first-order valence-electron chi connectivity index (χ1n) is 5.36. The van der Waals surface area contributed by atoms with Crippen LogP contribution in [0.2, 0.25) is 0 Å². The van der Waals surface area contributed by atoms with Crippen molar-refractivity contribution in [2.75, 3.05) is 5.73 Å². The molecule has 2 aromatic rings. The van der Waals surface area contributed by atoms with E-state index >= 15 is 0 Å². The zero-order valence-electron chi connectivity index (χ0n) is 10.2. The summed E-state index contributed by atoms with van der Waals surface area (Å²) in [5.41, 5.74) is 13.1. The summed E-state index contributed by atoms with van der Waals surface area (Å²) >= 11 is 1.39. The summed E-state index contributed by atoms with van der Waals surface area (Å²) in [5, 5.41) is 5.16. The van der Waals surface area contributed by atoms with E-state index in [0.717, 1.165) is 10.7 Å². The van der Waals surface area contributed by atoms with E-state index in [4.69, 9.17) is 11.5 Å². The molecule has 0 saturated heterocycles. The largest absolute Gasteiger partial charge is 0.398 e. The van der Waals surface area contributed by atoms with E-state index in [9.17, 15) is 4.79 Å². The molecule has 0 bridgehead atoms. The number of nitrogen functional groups attached to an aromatic ring is 1. The van der Waals surface area contributed by atoms with Gasteiger partial charge in [0.2, 0.25) is 5.91 Å². The van der Waals surface area contributed by atoms with Gasteiger partial charge in [0.1, 0.15) is 0 Å². The van der Waals surface area contributed by atoms with E-state index in [0.29, 0.717) is 16.1 Å². The van der Waals surface area contributed by atoms with Crippen molar-refractivity contribution in [3.05, 3.63) is 35.5 Å². The van der Waals surface area contributed by atoms with Gasteiger partial charge in [0.15, 0.2) is 0 Å². The number of anilines is 1. The van der Waals surface area contributed by atoms with Crippen LogP contribution in [0.4, 0.5) is 5.69 Å². The molecule has 94 valence electrons. The lowest BCUT2D eigenvalue weighted by molar-refractivity contribution is 0.0997. The first kappa shape index (κ1) is 12.5. The lowest BCUT2D eigenvalue weighted by Crippen LogP contribution is -2.13. The average molecular weight is 262 g/mol. The van der Waals surface area contributed by atoms with Crippen LogP contribution in [0.25, 0.3) is 0 Å². The molecule has 4 N–H and O–H groups in total. The lowest BCUT2D eigenvalue weighted by atomic mass is 10.2. The van der Waals surface area contributed by atoms with Crippen molar-refractivity contribution in [1.82, 2.24) is 9.78 Å². The zero-order chi connectivity index (χ0) is 13.3. The summed E-state index contributed by atoms with van der Waals surface area (Å²) in [6.07, 6.45) is 0. The molecule has 18 heavy (non-hydrogen) atoms. The molecule has 0 aliphatic rings. The number of primary amides is 1. The summed E-state index contributed by atoms with van der Waals surface area (Å²) < 4.78 is 1.75. The van der Waals surface area contributed by atoms with Gasteiger partial charge in [0.25, 0.3) is 0 Å². The van der Waals surface area contributed by atoms with Gasteiger partial charge in [-0.25, -0.2) is 0 Å². The number of nitrogens with two attached hydrogens (primary N) is 2. The van der Waals surface area contributed by atoms with Crippen LogP contribution in [-0.4, -0.2) is 15.7 Å². The van der Waals surface area contributed by atoms with Gasteiger partial charge in [0, 0.05) is 17.6 Å². The van der Waals surface area contributed by atoms with Crippen molar-refractivity contribution in [1.29, 1.82) is 0 Å². The zero-order valence-corrected chi connectivity index (χ0v) is 11.0. The summed E-state index contributed by atoms with van der Waals surface area (Å²) in [6.45, 7) is 1.91. The number of nitrogens with zero attached hydrogens (tertiary/aromatic N) is 2. The van der Waals surface area contributed by atoms with E-state index in [1.54, 1.807) is 22.9 Å². The van der Waals surface area contributed by atoms with Crippen LogP contribution in [0, 0.1) is 6.92 Å². The van der Waals surface area contributed by atoms with Crippen molar-refractivity contribution in [3.8, 4) is 0 Å². The Labute approximate surface area is 109 Å². The first-order chi connectivity index (χ1) is 8.49. The highest BCUT2D eigenvalue weighted by Gasteiger charge is 2.14. The second-order valence-corrected chi connectivity index (χ2v) is 4.97. The van der Waals surface area contributed by atoms with Crippen LogP contribution in [-0.2, 0) is 7.05 Å². The molecule has 0 aliphatic carbocycles. The van der Waals surface area contributed by atoms with Crippen molar-refractivity contribution < 1.29 is 4.79 Å². The average Bonchev–Trinajstić information content (AvgIpc) is 2.60. The second-order valence-electron chi connectivity index (χ2n) is 3.94. The maximum Gasteiger partial charge on any atom is 0.249 e. The Balaban J connectivity index is 2.45. The molecule has 0 unspecified atom stereocenters. The first-order valence-corrected chi connectivity index (χ1v) is 6.17. The van der Waals surface area contributed by atoms with Crippen LogP contribution >= 0.6 is 11.8 Å². The van der Waals surface area contributed by atoms with Crippen LogP contribution in [0.5, 0.6) is 0 Å². The Hall–Kier alpha value is -1.95. The predicted molar refractivity (Wildman–Crippen MR) is 71.4 cm³/mol. The molecule has 5 nitrogen and oxygen atoms in total. The Morgan fingerprint density at radius 1 is 1.44 bits per heavy atom. The minimum absolute atomic E-state index is 0.429. The summed E-state index contributed by atoms with van der Waals surface area (Å²) in [4.78, 5) is 12.1. The fraction of sp³-hybridized carbons (Fsp3) is 0.167. The van der Waals surface area contributed by atoms with Crippen molar-refractivity contribution >= 4 is 23.4 Å². The molecule has 6 heteroatoms. The smallest absolute Gasteiger partial charge is 0.249 e. The maximum atomic E-state index is 11.4. The van der Waals surface area contributed by atoms with Crippen LogP contribution < -0.4 is 11.5 Å². The summed E-state index contributed by atoms with van der Waals surface area (Å²) in [7, 11) is 1.85. The standard InChI is InChI=1S/C12H14N4OS/c1-7-6-10(16(2)15-7)18-11-8(12(14)17)4-3-5-9(11)13/h3-6H,13H2,1-2H3,(H2,14,17). The third kappa shape index (κ3) is 2.33. The number of rotatable bonds is 3. The van der Waals surface area contributed by atoms with Crippen molar-refractivity contribution in [3.63, 3.8) is 0 Å². The third-order valence-electron chi connectivity index (χ3n) is 2.48. The maximum absolute atomic E-state index is 11.4. The Kier molecular flexibility index (Phi) is 3.29. The van der Waals surface area contributed by atoms with Gasteiger partial charge >= 0.3 is 0 Å². The highest BCUT2D eigenvalue weighted by molar-refractivity contribution is 7.99. The molecule has 1 aromatic carbocycles. The fourth-order valence-corrected chi connectivity index (χ4v) is 2.73. The van der Waals surface area contributed by atoms with E-state index in [2.05, 4.69) is 5.10 Å². The topological polar surface area (TPSA) is 86.9 Å². The summed E-state index contributed by atoms with van der Waals surface area (Å²) in [5.74, 6) is -0.483. The molecule has 0 saturated carbocycles. The molecular weight excluding hydrogens is 248 g/mol. The molecule has 0 fully saturated rings.